The number of benzene rings is 1. The molecule has 0 radical (unpaired) electrons. The number of nitrogens with two attached hydrogens (primary N) is 1. The molecule has 0 bridgehead atoms. The van der Waals surface area contributed by atoms with E-state index in [0.717, 1.165) is 0 Å². The molecule has 0 heterocycles. The van der Waals surface area contributed by atoms with Crippen LogP contribution in [0.25, 0.3) is 0 Å². The fourth-order valence-electron chi connectivity index (χ4n) is 1.06. The largest absolute Gasteiger partial charge is 0.392 e. The molecule has 1 aromatic rings. The van der Waals surface area contributed by atoms with Crippen molar-refractivity contribution in [3.63, 3.8) is 0 Å². The number of thiocarbonyl (C=S) groups is 1. The Morgan fingerprint density at radius 2 is 1.68 bits per heavy atom. The zero-order chi connectivity index (χ0) is 14.6. The van der Waals surface area contributed by atoms with Gasteiger partial charge in [-0.1, -0.05) is 12.2 Å². The second-order valence-electron chi connectivity index (χ2n) is 3.36. The molecular weight excluding hydrogens is 283 g/mol. The predicted molar refractivity (Wildman–Crippen MR) is 64.7 cm³/mol. The average Bonchev–Trinajstić information content (AvgIpc) is 2.32. The number of halogens is 3. The quantitative estimate of drug-likeness (QED) is 0.429. The Balaban J connectivity index is 2.72. The topological polar surface area (TPSA) is 84.2 Å². The van der Waals surface area contributed by atoms with Gasteiger partial charge < -0.3 is 16.4 Å². The van der Waals surface area contributed by atoms with Crippen LogP contribution in [0.3, 0.4) is 0 Å². The Bertz CT molecular complexity index is 528. The van der Waals surface area contributed by atoms with Gasteiger partial charge in [-0.2, -0.15) is 0 Å². The molecule has 0 atom stereocenters. The van der Waals surface area contributed by atoms with Gasteiger partial charge in [0.2, 0.25) is 0 Å². The normalized spacial score (nSPS) is 9.84. The van der Waals surface area contributed by atoms with Gasteiger partial charge in [-0.15, -0.1) is 0 Å². The highest BCUT2D eigenvalue weighted by Crippen LogP contribution is 2.17. The van der Waals surface area contributed by atoms with Crippen molar-refractivity contribution in [1.29, 1.82) is 0 Å². The van der Waals surface area contributed by atoms with E-state index in [4.69, 9.17) is 5.73 Å². The molecule has 0 aromatic heterocycles. The van der Waals surface area contributed by atoms with Gasteiger partial charge in [0.15, 0.2) is 17.5 Å². The summed E-state index contributed by atoms with van der Waals surface area (Å²) in [7, 11) is 0. The van der Waals surface area contributed by atoms with Crippen LogP contribution in [-0.4, -0.2) is 23.3 Å². The van der Waals surface area contributed by atoms with E-state index in [2.05, 4.69) is 17.5 Å². The third-order valence-corrected chi connectivity index (χ3v) is 2.02. The molecule has 0 saturated carbocycles. The molecule has 1 rings (SSSR count). The Morgan fingerprint density at radius 3 is 2.16 bits per heavy atom. The summed E-state index contributed by atoms with van der Waals surface area (Å²) < 4.78 is 38.3. The molecule has 1 aromatic carbocycles. The Hall–Kier alpha value is -2.16. The van der Waals surface area contributed by atoms with Crippen LogP contribution >= 0.6 is 12.2 Å². The van der Waals surface area contributed by atoms with Crippen molar-refractivity contribution in [3.05, 3.63) is 29.6 Å². The average molecular weight is 291 g/mol. The number of carbonyl (C=O) groups excluding carboxylic acids is 2. The van der Waals surface area contributed by atoms with E-state index in [1.54, 1.807) is 0 Å². The standard InChI is InChI=1S/C10H8F3N3O2S/c11-5-1-4(2-6(12)8(5)13)16-10(18)9(17)15-3-7(14)19/h1-2H,3H2,(H2,14,19)(H,15,17)(H,16,18). The van der Waals surface area contributed by atoms with Gasteiger partial charge in [-0.3, -0.25) is 9.59 Å². The molecule has 0 aliphatic heterocycles. The maximum absolute atomic E-state index is 12.8. The van der Waals surface area contributed by atoms with E-state index in [0.29, 0.717) is 12.1 Å². The Labute approximate surface area is 111 Å². The molecule has 4 N–H and O–H groups in total. The van der Waals surface area contributed by atoms with Gasteiger partial charge >= 0.3 is 11.8 Å². The zero-order valence-corrected chi connectivity index (χ0v) is 10.1. The van der Waals surface area contributed by atoms with E-state index in [1.807, 2.05) is 5.32 Å². The van der Waals surface area contributed by atoms with Crippen LogP contribution in [0.4, 0.5) is 18.9 Å². The lowest BCUT2D eigenvalue weighted by atomic mass is 10.3. The van der Waals surface area contributed by atoms with Crippen LogP contribution < -0.4 is 16.4 Å². The molecule has 0 unspecified atom stereocenters. The van der Waals surface area contributed by atoms with Crippen LogP contribution in [0.1, 0.15) is 0 Å². The maximum Gasteiger partial charge on any atom is 0.313 e. The van der Waals surface area contributed by atoms with Crippen molar-refractivity contribution in [2.75, 3.05) is 11.9 Å². The molecule has 2 amide bonds. The maximum atomic E-state index is 12.8. The molecule has 102 valence electrons. The molecule has 0 saturated heterocycles. The summed E-state index contributed by atoms with van der Waals surface area (Å²) >= 11 is 4.47. The minimum Gasteiger partial charge on any atom is -0.392 e. The third-order valence-electron chi connectivity index (χ3n) is 1.87. The highest BCUT2D eigenvalue weighted by molar-refractivity contribution is 7.80. The second kappa shape index (κ2) is 6.14. The molecule has 0 fully saturated rings. The van der Waals surface area contributed by atoms with Crippen LogP contribution in [-0.2, 0) is 9.59 Å². The summed E-state index contributed by atoms with van der Waals surface area (Å²) in [4.78, 5) is 22.4. The van der Waals surface area contributed by atoms with Gasteiger partial charge in [0.25, 0.3) is 0 Å². The first-order valence-electron chi connectivity index (χ1n) is 4.83. The number of amides is 2. The predicted octanol–water partition coefficient (Wildman–Crippen LogP) is 0.445. The van der Waals surface area contributed by atoms with Crippen molar-refractivity contribution < 1.29 is 22.8 Å². The second-order valence-corrected chi connectivity index (χ2v) is 3.88. The van der Waals surface area contributed by atoms with Crippen molar-refractivity contribution in [1.82, 2.24) is 5.32 Å². The van der Waals surface area contributed by atoms with Gasteiger partial charge in [-0.25, -0.2) is 13.2 Å². The lowest BCUT2D eigenvalue weighted by molar-refractivity contribution is -0.135. The van der Waals surface area contributed by atoms with Crippen LogP contribution in [0, 0.1) is 17.5 Å². The fourth-order valence-corrected chi connectivity index (χ4v) is 1.14. The Morgan fingerprint density at radius 1 is 1.16 bits per heavy atom. The molecule has 19 heavy (non-hydrogen) atoms. The summed E-state index contributed by atoms with van der Waals surface area (Å²) in [5.41, 5.74) is 4.70. The SMILES string of the molecule is NC(=S)CNC(=O)C(=O)Nc1cc(F)c(F)c(F)c1. The van der Waals surface area contributed by atoms with Crippen LogP contribution in [0.15, 0.2) is 12.1 Å². The summed E-state index contributed by atoms with van der Waals surface area (Å²) in [6.07, 6.45) is 0. The van der Waals surface area contributed by atoms with Crippen molar-refractivity contribution in [2.24, 2.45) is 5.73 Å². The van der Waals surface area contributed by atoms with Crippen molar-refractivity contribution >= 4 is 34.7 Å². The van der Waals surface area contributed by atoms with E-state index < -0.39 is 35.0 Å². The van der Waals surface area contributed by atoms with Crippen LogP contribution in [0.5, 0.6) is 0 Å². The number of rotatable bonds is 3. The number of carbonyl (C=O) groups is 2. The highest BCUT2D eigenvalue weighted by Gasteiger charge is 2.16. The fraction of sp³-hybridized carbons (Fsp3) is 0.100. The first-order valence-corrected chi connectivity index (χ1v) is 5.24. The molecular formula is C10H8F3N3O2S. The Kier molecular flexibility index (Phi) is 4.81. The number of hydrogen-bond acceptors (Lipinski definition) is 3. The zero-order valence-electron chi connectivity index (χ0n) is 9.30. The molecule has 0 aliphatic carbocycles. The smallest absolute Gasteiger partial charge is 0.313 e. The number of nitrogens with one attached hydrogen (secondary N) is 2. The van der Waals surface area contributed by atoms with E-state index in [9.17, 15) is 22.8 Å². The van der Waals surface area contributed by atoms with Gasteiger partial charge in [0, 0.05) is 17.8 Å². The summed E-state index contributed by atoms with van der Waals surface area (Å²) in [5, 5.41) is 3.96. The van der Waals surface area contributed by atoms with E-state index in [1.165, 1.54) is 0 Å². The van der Waals surface area contributed by atoms with Crippen molar-refractivity contribution in [2.45, 2.75) is 0 Å². The van der Waals surface area contributed by atoms with Crippen LogP contribution in [0.2, 0.25) is 0 Å². The first-order chi connectivity index (χ1) is 8.81. The van der Waals surface area contributed by atoms with Gasteiger partial charge in [0.1, 0.15) is 0 Å². The molecule has 5 nitrogen and oxygen atoms in total. The van der Waals surface area contributed by atoms with Gasteiger partial charge in [0.05, 0.1) is 11.5 Å². The summed E-state index contributed by atoms with van der Waals surface area (Å²) in [6.45, 7) is -0.201. The van der Waals surface area contributed by atoms with E-state index in [-0.39, 0.29) is 11.5 Å². The highest BCUT2D eigenvalue weighted by atomic mass is 32.1. The molecule has 0 spiro atoms. The summed E-state index contributed by atoms with van der Waals surface area (Å²) in [5.74, 6) is -6.94. The number of hydrogen-bond donors (Lipinski definition) is 3. The minimum absolute atomic E-state index is 0.0416. The summed E-state index contributed by atoms with van der Waals surface area (Å²) in [6, 6.07) is 1.08. The van der Waals surface area contributed by atoms with Crippen molar-refractivity contribution in [3.8, 4) is 0 Å². The first kappa shape index (κ1) is 14.9. The van der Waals surface area contributed by atoms with Gasteiger partial charge in [-0.05, 0) is 0 Å². The monoisotopic (exact) mass is 291 g/mol. The molecule has 0 aliphatic rings. The lowest BCUT2D eigenvalue weighted by Crippen LogP contribution is -2.39. The molecule has 9 heteroatoms. The van der Waals surface area contributed by atoms with E-state index >= 15 is 0 Å². The number of anilines is 1. The third kappa shape index (κ3) is 4.21. The minimum atomic E-state index is -1.67. The lowest BCUT2D eigenvalue weighted by Gasteiger charge is -2.06.